The zero-order valence-electron chi connectivity index (χ0n) is 21.4. The van der Waals surface area contributed by atoms with Gasteiger partial charge in [0.05, 0.1) is 38.4 Å². The van der Waals surface area contributed by atoms with E-state index < -0.39 is 17.6 Å². The van der Waals surface area contributed by atoms with Crippen LogP contribution >= 0.6 is 23.2 Å². The van der Waals surface area contributed by atoms with Crippen molar-refractivity contribution in [2.75, 3.05) is 21.7 Å². The first kappa shape index (κ1) is 27.4. The number of urea groups is 1. The molecule has 0 aliphatic heterocycles. The van der Waals surface area contributed by atoms with Crippen molar-refractivity contribution in [3.05, 3.63) is 105 Å². The number of nitrogens with two attached hydrogens (primary N) is 1. The summed E-state index contributed by atoms with van der Waals surface area (Å²) in [4.78, 5) is 39.4. The maximum absolute atomic E-state index is 13.9. The summed E-state index contributed by atoms with van der Waals surface area (Å²) >= 11 is 12.6. The summed E-state index contributed by atoms with van der Waals surface area (Å²) in [6.45, 7) is 1.76. The summed E-state index contributed by atoms with van der Waals surface area (Å²) in [5.74, 6) is 0.497. The number of hydrogen-bond acceptors (Lipinski definition) is 8. The molecule has 2 heterocycles. The first-order valence-corrected chi connectivity index (χ1v) is 12.9. The van der Waals surface area contributed by atoms with Crippen LogP contribution in [-0.2, 0) is 0 Å². The van der Waals surface area contributed by atoms with E-state index in [-0.39, 0.29) is 27.6 Å². The van der Waals surface area contributed by atoms with Crippen LogP contribution in [0.2, 0.25) is 10.0 Å². The van der Waals surface area contributed by atoms with Crippen LogP contribution < -0.4 is 27.2 Å². The van der Waals surface area contributed by atoms with E-state index in [2.05, 4.69) is 25.9 Å². The average molecular weight is 586 g/mol. The zero-order chi connectivity index (χ0) is 29.1. The number of para-hydroxylation sites is 1. The second-order valence-corrected chi connectivity index (χ2v) is 9.63. The number of carbonyl (C=O) groups is 1. The lowest BCUT2D eigenvalue weighted by molar-refractivity contribution is 0.262. The lowest BCUT2D eigenvalue weighted by Gasteiger charge is -2.21. The molecule has 0 aliphatic carbocycles. The van der Waals surface area contributed by atoms with Crippen LogP contribution in [0.5, 0.6) is 0 Å². The van der Waals surface area contributed by atoms with Crippen molar-refractivity contribution in [3.63, 3.8) is 0 Å². The monoisotopic (exact) mass is 585 g/mol. The van der Waals surface area contributed by atoms with E-state index in [1.54, 1.807) is 73.7 Å². The first-order chi connectivity index (χ1) is 19.8. The van der Waals surface area contributed by atoms with E-state index in [1.807, 2.05) is 6.07 Å². The molecule has 204 valence electrons. The topological polar surface area (TPSA) is 164 Å². The number of nitrogens with one attached hydrogen (secondary N) is 3. The largest absolute Gasteiger partial charge is 0.382 e. The van der Waals surface area contributed by atoms with Crippen LogP contribution in [0.3, 0.4) is 0 Å². The molecular formula is C28H21Cl2N9O2. The highest BCUT2D eigenvalue weighted by atomic mass is 35.5. The molecule has 0 bridgehead atoms. The van der Waals surface area contributed by atoms with Crippen molar-refractivity contribution in [2.24, 2.45) is 0 Å². The van der Waals surface area contributed by atoms with Gasteiger partial charge in [-0.25, -0.2) is 19.7 Å². The zero-order valence-corrected chi connectivity index (χ0v) is 22.9. The van der Waals surface area contributed by atoms with Crippen molar-refractivity contribution in [1.82, 2.24) is 19.5 Å². The molecule has 1 atom stereocenters. The third-order valence-electron chi connectivity index (χ3n) is 6.09. The van der Waals surface area contributed by atoms with E-state index in [4.69, 9.17) is 33.9 Å². The summed E-state index contributed by atoms with van der Waals surface area (Å²) in [5, 5.41) is 19.0. The second kappa shape index (κ2) is 11.5. The summed E-state index contributed by atoms with van der Waals surface area (Å²) in [6.07, 6.45) is 1.23. The van der Waals surface area contributed by atoms with Gasteiger partial charge in [-0.15, -0.1) is 0 Å². The molecule has 0 radical (unpaired) electrons. The fourth-order valence-corrected chi connectivity index (χ4v) is 4.64. The molecular weight excluding hydrogens is 565 g/mol. The Labute approximate surface area is 243 Å². The van der Waals surface area contributed by atoms with E-state index in [1.165, 1.54) is 10.9 Å². The standard InChI is InChI=1S/C28H21Cl2N9O2/c1-15(35-25-18(13-31)24(32)33-14-34-25)26-37-22-11-5-9-20(30)23(22)27(40)39(26)17-7-4-6-16(12-17)36-28(41)38-21-10-3-2-8-19(21)29/h2-12,14-15H,1H3,(H2,36,38,41)(H3,32,33,34,35). The Hall–Kier alpha value is -5.18. The normalized spacial score (nSPS) is 11.5. The van der Waals surface area contributed by atoms with Gasteiger partial charge in [-0.1, -0.05) is 47.5 Å². The number of amides is 2. The third-order valence-corrected chi connectivity index (χ3v) is 6.73. The predicted octanol–water partition coefficient (Wildman–Crippen LogP) is 5.75. The fourth-order valence-electron chi connectivity index (χ4n) is 4.21. The molecule has 5 aromatic rings. The molecule has 2 aromatic heterocycles. The Morgan fingerprint density at radius 3 is 2.56 bits per heavy atom. The molecule has 0 fully saturated rings. The number of nitrogen functional groups attached to an aromatic ring is 1. The summed E-state index contributed by atoms with van der Waals surface area (Å²) in [6, 6.07) is 19.3. The minimum absolute atomic E-state index is 0.0154. The highest BCUT2D eigenvalue weighted by Crippen LogP contribution is 2.27. The first-order valence-electron chi connectivity index (χ1n) is 12.2. The third kappa shape index (κ3) is 5.60. The van der Waals surface area contributed by atoms with Crippen LogP contribution in [0.15, 0.2) is 77.9 Å². The van der Waals surface area contributed by atoms with Crippen LogP contribution in [0.4, 0.5) is 27.8 Å². The number of fused-ring (bicyclic) bond motifs is 1. The van der Waals surface area contributed by atoms with Crippen molar-refractivity contribution in [2.45, 2.75) is 13.0 Å². The van der Waals surface area contributed by atoms with Gasteiger partial charge in [0.1, 0.15) is 35.4 Å². The van der Waals surface area contributed by atoms with Crippen LogP contribution in [0.1, 0.15) is 24.4 Å². The van der Waals surface area contributed by atoms with Gasteiger partial charge in [0.25, 0.3) is 5.56 Å². The Balaban J connectivity index is 1.57. The lowest BCUT2D eigenvalue weighted by Crippen LogP contribution is -2.28. The minimum atomic E-state index is -0.646. The van der Waals surface area contributed by atoms with Crippen molar-refractivity contribution < 1.29 is 4.79 Å². The van der Waals surface area contributed by atoms with Crippen molar-refractivity contribution in [3.8, 4) is 11.8 Å². The number of halogens is 2. The van der Waals surface area contributed by atoms with Gasteiger partial charge in [0.2, 0.25) is 0 Å². The number of rotatable bonds is 6. The molecule has 3 aromatic carbocycles. The number of nitrogens with zero attached hydrogens (tertiary/aromatic N) is 5. The van der Waals surface area contributed by atoms with E-state index >= 15 is 0 Å². The minimum Gasteiger partial charge on any atom is -0.382 e. The molecule has 13 heteroatoms. The van der Waals surface area contributed by atoms with Crippen LogP contribution in [0, 0.1) is 11.3 Å². The highest BCUT2D eigenvalue weighted by molar-refractivity contribution is 6.35. The van der Waals surface area contributed by atoms with Gasteiger partial charge in [-0.2, -0.15) is 5.26 Å². The predicted molar refractivity (Wildman–Crippen MR) is 160 cm³/mol. The van der Waals surface area contributed by atoms with E-state index in [0.29, 0.717) is 33.4 Å². The summed E-state index contributed by atoms with van der Waals surface area (Å²) in [5.41, 5.74) is 7.13. The molecule has 5 N–H and O–H groups in total. The SMILES string of the molecule is CC(Nc1ncnc(N)c1C#N)c1nc2cccc(Cl)c2c(=O)n1-c1cccc(NC(=O)Nc2ccccc2Cl)c1. The van der Waals surface area contributed by atoms with Gasteiger partial charge in [0, 0.05) is 5.69 Å². The molecule has 0 spiro atoms. The Morgan fingerprint density at radius 2 is 1.78 bits per heavy atom. The van der Waals surface area contributed by atoms with Gasteiger partial charge in [-0.05, 0) is 49.4 Å². The lowest BCUT2D eigenvalue weighted by atomic mass is 10.2. The number of nitriles is 1. The number of carbonyl (C=O) groups excluding carboxylic acids is 1. The maximum Gasteiger partial charge on any atom is 0.323 e. The number of anilines is 4. The Bertz CT molecular complexity index is 1900. The number of benzene rings is 3. The summed E-state index contributed by atoms with van der Waals surface area (Å²) in [7, 11) is 0. The average Bonchev–Trinajstić information content (AvgIpc) is 2.94. The molecule has 2 amide bonds. The highest BCUT2D eigenvalue weighted by Gasteiger charge is 2.21. The van der Waals surface area contributed by atoms with Crippen LogP contribution in [0.25, 0.3) is 16.6 Å². The summed E-state index contributed by atoms with van der Waals surface area (Å²) < 4.78 is 1.39. The molecule has 0 saturated carbocycles. The molecule has 11 nitrogen and oxygen atoms in total. The quantitative estimate of drug-likeness (QED) is 0.195. The van der Waals surface area contributed by atoms with Gasteiger partial charge < -0.3 is 21.7 Å². The Morgan fingerprint density at radius 1 is 1.02 bits per heavy atom. The van der Waals surface area contributed by atoms with Gasteiger partial charge >= 0.3 is 6.03 Å². The molecule has 1 unspecified atom stereocenters. The van der Waals surface area contributed by atoms with Gasteiger partial charge in [-0.3, -0.25) is 9.36 Å². The number of aromatic nitrogens is 4. The van der Waals surface area contributed by atoms with E-state index in [0.717, 1.165) is 0 Å². The van der Waals surface area contributed by atoms with Crippen molar-refractivity contribution >= 4 is 63.1 Å². The van der Waals surface area contributed by atoms with Crippen LogP contribution in [-0.4, -0.2) is 25.6 Å². The van der Waals surface area contributed by atoms with Gasteiger partial charge in [0.15, 0.2) is 0 Å². The Kier molecular flexibility index (Phi) is 7.69. The molecule has 5 rings (SSSR count). The fraction of sp³-hybridized carbons (Fsp3) is 0.0714. The smallest absolute Gasteiger partial charge is 0.323 e. The maximum atomic E-state index is 13.9. The van der Waals surface area contributed by atoms with Crippen molar-refractivity contribution in [1.29, 1.82) is 5.26 Å². The molecule has 0 saturated heterocycles. The molecule has 0 aliphatic rings. The molecule has 41 heavy (non-hydrogen) atoms. The number of hydrogen-bond donors (Lipinski definition) is 4. The second-order valence-electron chi connectivity index (χ2n) is 8.81. The van der Waals surface area contributed by atoms with E-state index in [9.17, 15) is 14.9 Å².